The summed E-state index contributed by atoms with van der Waals surface area (Å²) in [6, 6.07) is 10.2. The van der Waals surface area contributed by atoms with Crippen molar-refractivity contribution in [2.24, 2.45) is 11.1 Å². The van der Waals surface area contributed by atoms with Crippen molar-refractivity contribution in [3.05, 3.63) is 35.9 Å². The monoisotopic (exact) mass is 217 g/mol. The molecule has 0 atom stereocenters. The molecule has 0 aliphatic heterocycles. The molecule has 0 aromatic heterocycles. The van der Waals surface area contributed by atoms with Gasteiger partial charge < -0.3 is 5.73 Å². The summed E-state index contributed by atoms with van der Waals surface area (Å²) in [5, 5.41) is 0. The number of nitrogens with two attached hydrogens (primary N) is 1. The predicted octanol–water partition coefficient (Wildman–Crippen LogP) is 2.66. The Morgan fingerprint density at radius 1 is 1.12 bits per heavy atom. The SMILES string of the molecule is NC(=O)C1(Cc2ccccc2)CCCCC1. The maximum Gasteiger partial charge on any atom is 0.223 e. The fraction of sp³-hybridized carbons (Fsp3) is 0.500. The van der Waals surface area contributed by atoms with Gasteiger partial charge in [0, 0.05) is 0 Å². The molecule has 2 heteroatoms. The number of primary amides is 1. The molecule has 1 aliphatic carbocycles. The van der Waals surface area contributed by atoms with E-state index in [2.05, 4.69) is 12.1 Å². The highest BCUT2D eigenvalue weighted by Crippen LogP contribution is 2.38. The first kappa shape index (κ1) is 11.2. The van der Waals surface area contributed by atoms with Crippen LogP contribution in [0.2, 0.25) is 0 Å². The van der Waals surface area contributed by atoms with E-state index in [1.54, 1.807) is 0 Å². The first-order chi connectivity index (χ1) is 7.73. The van der Waals surface area contributed by atoms with Gasteiger partial charge in [0.05, 0.1) is 5.41 Å². The van der Waals surface area contributed by atoms with Gasteiger partial charge in [0.15, 0.2) is 0 Å². The van der Waals surface area contributed by atoms with Gasteiger partial charge >= 0.3 is 0 Å². The second-order valence-electron chi connectivity index (χ2n) is 4.87. The van der Waals surface area contributed by atoms with E-state index in [9.17, 15) is 4.79 Å². The van der Waals surface area contributed by atoms with Crippen LogP contribution < -0.4 is 5.73 Å². The van der Waals surface area contributed by atoms with Gasteiger partial charge in [-0.15, -0.1) is 0 Å². The standard InChI is InChI=1S/C14H19NO/c15-13(16)14(9-5-2-6-10-14)11-12-7-3-1-4-8-12/h1,3-4,7-8H,2,5-6,9-11H2,(H2,15,16). The van der Waals surface area contributed by atoms with Crippen LogP contribution in [0.5, 0.6) is 0 Å². The number of benzene rings is 1. The Morgan fingerprint density at radius 3 is 2.31 bits per heavy atom. The van der Waals surface area contributed by atoms with E-state index in [4.69, 9.17) is 5.73 Å². The number of hydrogen-bond acceptors (Lipinski definition) is 1. The molecule has 0 radical (unpaired) electrons. The molecular formula is C14H19NO. The molecule has 1 amide bonds. The fourth-order valence-electron chi connectivity index (χ4n) is 2.73. The molecule has 0 saturated heterocycles. The third kappa shape index (κ3) is 2.26. The minimum Gasteiger partial charge on any atom is -0.369 e. The third-order valence-electron chi connectivity index (χ3n) is 3.72. The Bertz CT molecular complexity index is 352. The van der Waals surface area contributed by atoms with Crippen LogP contribution >= 0.6 is 0 Å². The molecule has 0 spiro atoms. The van der Waals surface area contributed by atoms with Gasteiger partial charge in [0.1, 0.15) is 0 Å². The summed E-state index contributed by atoms with van der Waals surface area (Å²) in [5.74, 6) is -0.115. The Labute approximate surface area is 96.8 Å². The van der Waals surface area contributed by atoms with Crippen LogP contribution in [-0.4, -0.2) is 5.91 Å². The second kappa shape index (κ2) is 4.69. The lowest BCUT2D eigenvalue weighted by molar-refractivity contribution is -0.129. The van der Waals surface area contributed by atoms with Crippen molar-refractivity contribution in [2.75, 3.05) is 0 Å². The molecule has 2 nitrogen and oxygen atoms in total. The molecule has 2 rings (SSSR count). The lowest BCUT2D eigenvalue weighted by Crippen LogP contribution is -2.40. The third-order valence-corrected chi connectivity index (χ3v) is 3.72. The minimum atomic E-state index is -0.278. The molecule has 16 heavy (non-hydrogen) atoms. The van der Waals surface area contributed by atoms with Crippen LogP contribution in [0.25, 0.3) is 0 Å². The summed E-state index contributed by atoms with van der Waals surface area (Å²) in [6.07, 6.45) is 6.23. The first-order valence-electron chi connectivity index (χ1n) is 6.07. The summed E-state index contributed by atoms with van der Waals surface area (Å²) >= 11 is 0. The van der Waals surface area contributed by atoms with Gasteiger partial charge in [-0.1, -0.05) is 49.6 Å². The van der Waals surface area contributed by atoms with Crippen LogP contribution in [0, 0.1) is 5.41 Å². The van der Waals surface area contributed by atoms with Gasteiger partial charge in [-0.2, -0.15) is 0 Å². The van der Waals surface area contributed by atoms with Gasteiger partial charge in [0.2, 0.25) is 5.91 Å². The van der Waals surface area contributed by atoms with Crippen LogP contribution in [0.4, 0.5) is 0 Å². The van der Waals surface area contributed by atoms with Crippen molar-refractivity contribution in [1.82, 2.24) is 0 Å². The predicted molar refractivity (Wildman–Crippen MR) is 64.9 cm³/mol. The summed E-state index contributed by atoms with van der Waals surface area (Å²) in [5.41, 5.74) is 6.56. The van der Waals surface area contributed by atoms with E-state index in [-0.39, 0.29) is 11.3 Å². The zero-order valence-electron chi connectivity index (χ0n) is 9.61. The smallest absolute Gasteiger partial charge is 0.223 e. The highest BCUT2D eigenvalue weighted by Gasteiger charge is 2.37. The fourth-order valence-corrected chi connectivity index (χ4v) is 2.73. The van der Waals surface area contributed by atoms with Crippen molar-refractivity contribution >= 4 is 5.91 Å². The van der Waals surface area contributed by atoms with Gasteiger partial charge in [0.25, 0.3) is 0 Å². The van der Waals surface area contributed by atoms with E-state index in [0.717, 1.165) is 32.1 Å². The Hall–Kier alpha value is -1.31. The highest BCUT2D eigenvalue weighted by atomic mass is 16.1. The van der Waals surface area contributed by atoms with Gasteiger partial charge in [-0.3, -0.25) is 4.79 Å². The van der Waals surface area contributed by atoms with E-state index < -0.39 is 0 Å². The van der Waals surface area contributed by atoms with E-state index in [0.29, 0.717) is 0 Å². The largest absolute Gasteiger partial charge is 0.369 e. The molecule has 1 aromatic carbocycles. The minimum absolute atomic E-state index is 0.115. The van der Waals surface area contributed by atoms with E-state index >= 15 is 0 Å². The maximum atomic E-state index is 11.7. The summed E-state index contributed by atoms with van der Waals surface area (Å²) in [7, 11) is 0. The van der Waals surface area contributed by atoms with E-state index in [1.807, 2.05) is 18.2 Å². The number of carbonyl (C=O) groups is 1. The van der Waals surface area contributed by atoms with Crippen LogP contribution in [0.3, 0.4) is 0 Å². The lowest BCUT2D eigenvalue weighted by Gasteiger charge is -2.34. The quantitative estimate of drug-likeness (QED) is 0.831. The molecule has 0 bridgehead atoms. The lowest BCUT2D eigenvalue weighted by atomic mass is 9.70. The normalized spacial score (nSPS) is 19.2. The number of hydrogen-bond donors (Lipinski definition) is 1. The molecule has 0 unspecified atom stereocenters. The Balaban J connectivity index is 2.17. The first-order valence-corrected chi connectivity index (χ1v) is 6.07. The summed E-state index contributed by atoms with van der Waals surface area (Å²) in [4.78, 5) is 11.7. The molecule has 1 aliphatic rings. The van der Waals surface area contributed by atoms with Gasteiger partial charge in [-0.05, 0) is 24.8 Å². The molecular weight excluding hydrogens is 198 g/mol. The second-order valence-corrected chi connectivity index (χ2v) is 4.87. The summed E-state index contributed by atoms with van der Waals surface area (Å²) < 4.78 is 0. The zero-order chi connectivity index (χ0) is 11.4. The maximum absolute atomic E-state index is 11.7. The van der Waals surface area contributed by atoms with Crippen LogP contribution in [0.15, 0.2) is 30.3 Å². The molecule has 1 fully saturated rings. The summed E-state index contributed by atoms with van der Waals surface area (Å²) in [6.45, 7) is 0. The average Bonchev–Trinajstić information content (AvgIpc) is 2.31. The highest BCUT2D eigenvalue weighted by molar-refractivity contribution is 5.81. The molecule has 1 saturated carbocycles. The van der Waals surface area contributed by atoms with Crippen molar-refractivity contribution in [3.8, 4) is 0 Å². The van der Waals surface area contributed by atoms with Crippen molar-refractivity contribution in [2.45, 2.75) is 38.5 Å². The number of carbonyl (C=O) groups excluding carboxylic acids is 1. The van der Waals surface area contributed by atoms with Crippen molar-refractivity contribution in [1.29, 1.82) is 0 Å². The Kier molecular flexibility index (Phi) is 3.28. The topological polar surface area (TPSA) is 43.1 Å². The van der Waals surface area contributed by atoms with Crippen molar-refractivity contribution in [3.63, 3.8) is 0 Å². The zero-order valence-corrected chi connectivity index (χ0v) is 9.61. The Morgan fingerprint density at radius 2 is 1.75 bits per heavy atom. The number of rotatable bonds is 3. The van der Waals surface area contributed by atoms with Crippen LogP contribution in [0.1, 0.15) is 37.7 Å². The van der Waals surface area contributed by atoms with E-state index in [1.165, 1.54) is 12.0 Å². The molecule has 0 heterocycles. The number of amides is 1. The molecule has 86 valence electrons. The average molecular weight is 217 g/mol. The molecule has 2 N–H and O–H groups in total. The van der Waals surface area contributed by atoms with Crippen molar-refractivity contribution < 1.29 is 4.79 Å². The molecule has 1 aromatic rings. The van der Waals surface area contributed by atoms with Gasteiger partial charge in [-0.25, -0.2) is 0 Å². The van der Waals surface area contributed by atoms with Crippen LogP contribution in [-0.2, 0) is 11.2 Å².